The first kappa shape index (κ1) is 19.0. The van der Waals surface area contributed by atoms with Crippen molar-refractivity contribution in [1.29, 1.82) is 0 Å². The quantitative estimate of drug-likeness (QED) is 0.434. The van der Waals surface area contributed by atoms with E-state index in [1.165, 1.54) is 27.5 Å². The van der Waals surface area contributed by atoms with Crippen LogP contribution < -0.4 is 0 Å². The van der Waals surface area contributed by atoms with Crippen LogP contribution in [0.1, 0.15) is 61.8 Å². The molecule has 3 aromatic rings. The molecule has 2 aromatic carbocycles. The first-order chi connectivity index (χ1) is 13.0. The van der Waals surface area contributed by atoms with E-state index in [-0.39, 0.29) is 0 Å². The number of aliphatic imine (C=N–C) groups is 1. The number of rotatable bonds is 6. The first-order valence-corrected chi connectivity index (χ1v) is 9.63. The Morgan fingerprint density at radius 2 is 1.85 bits per heavy atom. The molecule has 1 heterocycles. The summed E-state index contributed by atoms with van der Waals surface area (Å²) in [6, 6.07) is 13.1. The van der Waals surface area contributed by atoms with Crippen molar-refractivity contribution in [3.05, 3.63) is 77.1 Å². The van der Waals surface area contributed by atoms with E-state index in [0.29, 0.717) is 11.8 Å². The number of fused-ring (bicyclic) bond motifs is 1. The van der Waals surface area contributed by atoms with Gasteiger partial charge in [0, 0.05) is 17.8 Å². The highest BCUT2D eigenvalue weighted by Crippen LogP contribution is 2.28. The molecule has 0 amide bonds. The molecule has 0 aliphatic carbocycles. The summed E-state index contributed by atoms with van der Waals surface area (Å²) in [5.74, 6) is 0.975. The van der Waals surface area contributed by atoms with Crippen LogP contribution in [0.4, 0.5) is 5.69 Å². The lowest BCUT2D eigenvalue weighted by molar-refractivity contribution is 0.866. The van der Waals surface area contributed by atoms with E-state index in [1.807, 2.05) is 12.4 Å². The molecule has 0 bridgehead atoms. The molecule has 0 radical (unpaired) electrons. The minimum atomic E-state index is 0.485. The fourth-order valence-electron chi connectivity index (χ4n) is 3.42. The maximum absolute atomic E-state index is 4.29. The van der Waals surface area contributed by atoms with Crippen molar-refractivity contribution in [2.24, 2.45) is 4.99 Å². The maximum atomic E-state index is 4.29. The second kappa shape index (κ2) is 8.30. The molecule has 0 unspecified atom stereocenters. The number of pyridine rings is 1. The van der Waals surface area contributed by atoms with Crippen molar-refractivity contribution in [1.82, 2.24) is 4.98 Å². The third-order valence-corrected chi connectivity index (χ3v) is 5.01. The minimum absolute atomic E-state index is 0.485. The Kier molecular flexibility index (Phi) is 5.85. The molecule has 138 valence electrons. The van der Waals surface area contributed by atoms with Gasteiger partial charge >= 0.3 is 0 Å². The summed E-state index contributed by atoms with van der Waals surface area (Å²) in [5, 5.41) is 2.51. The Labute approximate surface area is 162 Å². The zero-order valence-electron chi connectivity index (χ0n) is 16.7. The van der Waals surface area contributed by atoms with Gasteiger partial charge in [-0.15, -0.1) is 0 Å². The van der Waals surface area contributed by atoms with Gasteiger partial charge in [0.25, 0.3) is 0 Å². The zero-order valence-corrected chi connectivity index (χ0v) is 16.7. The van der Waals surface area contributed by atoms with Gasteiger partial charge < -0.3 is 0 Å². The molecule has 0 saturated carbocycles. The van der Waals surface area contributed by atoms with E-state index in [9.17, 15) is 0 Å². The van der Waals surface area contributed by atoms with Crippen LogP contribution in [0.5, 0.6) is 0 Å². The summed E-state index contributed by atoms with van der Waals surface area (Å²) >= 11 is 0. The van der Waals surface area contributed by atoms with Crippen LogP contribution in [0.3, 0.4) is 0 Å². The van der Waals surface area contributed by atoms with E-state index >= 15 is 0 Å². The fourth-order valence-corrected chi connectivity index (χ4v) is 3.42. The number of benzene rings is 2. The van der Waals surface area contributed by atoms with Crippen LogP contribution in [0.25, 0.3) is 16.8 Å². The van der Waals surface area contributed by atoms with E-state index in [4.69, 9.17) is 0 Å². The molecule has 0 aliphatic rings. The van der Waals surface area contributed by atoms with Gasteiger partial charge in [-0.05, 0) is 70.8 Å². The summed E-state index contributed by atoms with van der Waals surface area (Å²) in [6.07, 6.45) is 9.07. The predicted octanol–water partition coefficient (Wildman–Crippen LogP) is 7.07. The zero-order chi connectivity index (χ0) is 19.4. The highest BCUT2D eigenvalue weighted by Gasteiger charge is 2.07. The minimum Gasteiger partial charge on any atom is -0.264 e. The third kappa shape index (κ3) is 4.33. The summed E-state index contributed by atoms with van der Waals surface area (Å²) in [6.45, 7) is 12.6. The van der Waals surface area contributed by atoms with Gasteiger partial charge in [0.2, 0.25) is 0 Å². The molecule has 0 N–H and O–H groups in total. The van der Waals surface area contributed by atoms with Crippen molar-refractivity contribution in [3.8, 4) is 0 Å². The van der Waals surface area contributed by atoms with Crippen molar-refractivity contribution in [3.63, 3.8) is 0 Å². The van der Waals surface area contributed by atoms with Crippen molar-refractivity contribution < 1.29 is 0 Å². The van der Waals surface area contributed by atoms with Gasteiger partial charge in [-0.25, -0.2) is 0 Å². The first-order valence-electron chi connectivity index (χ1n) is 9.63. The molecule has 1 aromatic heterocycles. The molecular weight excluding hydrogens is 328 g/mol. The summed E-state index contributed by atoms with van der Waals surface area (Å²) in [5.41, 5.74) is 6.04. The number of nitrogens with zero attached hydrogens (tertiary/aromatic N) is 2. The van der Waals surface area contributed by atoms with Crippen LogP contribution >= 0.6 is 0 Å². The Morgan fingerprint density at radius 3 is 2.56 bits per heavy atom. The number of hydrogen-bond acceptors (Lipinski definition) is 2. The van der Waals surface area contributed by atoms with Crippen LogP contribution in [0, 0.1) is 0 Å². The highest BCUT2D eigenvalue weighted by molar-refractivity contribution is 5.86. The predicted molar refractivity (Wildman–Crippen MR) is 118 cm³/mol. The average Bonchev–Trinajstić information content (AvgIpc) is 2.67. The lowest BCUT2D eigenvalue weighted by Gasteiger charge is -2.12. The Balaban J connectivity index is 1.87. The second-order valence-corrected chi connectivity index (χ2v) is 7.67. The maximum Gasteiger partial charge on any atom is 0.0697 e. The number of hydrogen-bond donors (Lipinski definition) is 0. The van der Waals surface area contributed by atoms with Gasteiger partial charge in [-0.1, -0.05) is 58.0 Å². The third-order valence-electron chi connectivity index (χ3n) is 5.01. The summed E-state index contributed by atoms with van der Waals surface area (Å²) < 4.78 is 0. The molecule has 0 aliphatic heterocycles. The van der Waals surface area contributed by atoms with Gasteiger partial charge in [-0.2, -0.15) is 0 Å². The lowest BCUT2D eigenvalue weighted by Crippen LogP contribution is -1.93. The van der Waals surface area contributed by atoms with Crippen LogP contribution in [0.15, 0.2) is 59.9 Å². The number of aromatic nitrogens is 1. The van der Waals surface area contributed by atoms with Gasteiger partial charge in [0.05, 0.1) is 5.69 Å². The van der Waals surface area contributed by atoms with E-state index in [1.54, 1.807) is 0 Å². The molecule has 3 rings (SSSR count). The largest absolute Gasteiger partial charge is 0.264 e. The lowest BCUT2D eigenvalue weighted by atomic mass is 9.93. The molecule has 2 heteroatoms. The highest BCUT2D eigenvalue weighted by atomic mass is 14.7. The van der Waals surface area contributed by atoms with Crippen LogP contribution in [0.2, 0.25) is 0 Å². The van der Waals surface area contributed by atoms with Crippen molar-refractivity contribution >= 4 is 29.3 Å². The van der Waals surface area contributed by atoms with Crippen LogP contribution in [-0.4, -0.2) is 11.7 Å². The molecule has 0 atom stereocenters. The Hall–Kier alpha value is -2.74. The number of allylic oxidation sites excluding steroid dienone is 1. The topological polar surface area (TPSA) is 25.2 Å². The molecular formula is C25H28N2. The average molecular weight is 357 g/mol. The molecule has 0 fully saturated rings. The van der Waals surface area contributed by atoms with Gasteiger partial charge in [0.15, 0.2) is 0 Å². The van der Waals surface area contributed by atoms with E-state index in [2.05, 4.69) is 92.9 Å². The van der Waals surface area contributed by atoms with Crippen LogP contribution in [-0.2, 0) is 6.42 Å². The van der Waals surface area contributed by atoms with E-state index < -0.39 is 0 Å². The summed E-state index contributed by atoms with van der Waals surface area (Å²) in [7, 11) is 0. The van der Waals surface area contributed by atoms with Crippen molar-refractivity contribution in [2.45, 2.75) is 46.0 Å². The summed E-state index contributed by atoms with van der Waals surface area (Å²) in [4.78, 5) is 8.50. The smallest absolute Gasteiger partial charge is 0.0697 e. The monoisotopic (exact) mass is 356 g/mol. The van der Waals surface area contributed by atoms with Gasteiger partial charge in [-0.3, -0.25) is 9.98 Å². The normalized spacial score (nSPS) is 11.8. The van der Waals surface area contributed by atoms with Gasteiger partial charge in [0.1, 0.15) is 0 Å². The molecule has 0 spiro atoms. The fraction of sp³-hybridized carbons (Fsp3) is 0.280. The second-order valence-electron chi connectivity index (χ2n) is 7.67. The van der Waals surface area contributed by atoms with E-state index in [0.717, 1.165) is 17.7 Å². The molecule has 27 heavy (non-hydrogen) atoms. The molecule has 0 saturated heterocycles. The Bertz CT molecular complexity index is 981. The Morgan fingerprint density at radius 1 is 1.04 bits per heavy atom. The molecule has 2 nitrogen and oxygen atoms in total. The van der Waals surface area contributed by atoms with Crippen molar-refractivity contribution in [2.75, 3.05) is 0 Å². The standard InChI is InChI=1S/C25H28N2/c1-17(2)21-10-9-20(25(15-21)26-5)8-6-7-19-13-22-16-27-12-11-23(22)24(14-19)18(3)4/h6,8-18H,5,7H2,1-4H3/b8-6-. The SMILES string of the molecule is C=Nc1cc(C(C)C)ccc1/C=C\Cc1cc(C(C)C)c2ccncc2c1.